The highest BCUT2D eigenvalue weighted by Gasteiger charge is 2.40. The maximum atomic E-state index is 14.0. The highest BCUT2D eigenvalue weighted by atomic mass is 19.2. The Morgan fingerprint density at radius 2 is 1.56 bits per heavy atom. The number of amides is 2. The number of benzene rings is 2. The lowest BCUT2D eigenvalue weighted by Gasteiger charge is -2.25. The summed E-state index contributed by atoms with van der Waals surface area (Å²) in [5.41, 5.74) is 0.0469. The van der Waals surface area contributed by atoms with Gasteiger partial charge in [-0.25, -0.2) is 13.2 Å². The average molecular weight is 377 g/mol. The van der Waals surface area contributed by atoms with Gasteiger partial charge in [-0.2, -0.15) is 0 Å². The maximum Gasteiger partial charge on any atom is 0.307 e. The number of halogens is 3. The molecule has 1 aliphatic rings. The summed E-state index contributed by atoms with van der Waals surface area (Å²) in [6.45, 7) is 0. The minimum atomic E-state index is -1.36. The molecule has 27 heavy (non-hydrogen) atoms. The van der Waals surface area contributed by atoms with E-state index in [1.807, 2.05) is 0 Å². The van der Waals surface area contributed by atoms with Crippen LogP contribution in [0.25, 0.3) is 0 Å². The van der Waals surface area contributed by atoms with Crippen molar-refractivity contribution in [1.29, 1.82) is 0 Å². The van der Waals surface area contributed by atoms with E-state index in [-0.39, 0.29) is 23.1 Å². The first-order valence-electron chi connectivity index (χ1n) is 8.00. The fourth-order valence-electron chi connectivity index (χ4n) is 3.04. The van der Waals surface area contributed by atoms with Crippen LogP contribution in [0.1, 0.15) is 32.7 Å². The van der Waals surface area contributed by atoms with Crippen LogP contribution < -0.4 is 0 Å². The highest BCUT2D eigenvalue weighted by molar-refractivity contribution is 6.21. The van der Waals surface area contributed by atoms with Crippen molar-refractivity contribution < 1.29 is 32.3 Å². The van der Waals surface area contributed by atoms with Crippen molar-refractivity contribution in [3.63, 3.8) is 0 Å². The zero-order chi connectivity index (χ0) is 19.7. The van der Waals surface area contributed by atoms with Gasteiger partial charge in [0.1, 0.15) is 5.82 Å². The third kappa shape index (κ3) is 3.42. The number of methoxy groups -OCH3 is 1. The SMILES string of the molecule is COC(=O)C[C@@H](Cc1cc(F)c(F)cc1F)N1C(=O)c2ccccc2C1=O. The van der Waals surface area contributed by atoms with Gasteiger partial charge in [0.2, 0.25) is 0 Å². The molecule has 2 amide bonds. The number of carbonyl (C=O) groups excluding carboxylic acids is 3. The van der Waals surface area contributed by atoms with E-state index in [4.69, 9.17) is 0 Å². The molecule has 0 radical (unpaired) electrons. The molecule has 0 aliphatic carbocycles. The Kier molecular flexibility index (Phi) is 4.98. The van der Waals surface area contributed by atoms with Crippen LogP contribution in [0, 0.1) is 17.5 Å². The molecule has 0 fully saturated rings. The van der Waals surface area contributed by atoms with E-state index in [0.29, 0.717) is 12.1 Å². The largest absolute Gasteiger partial charge is 0.469 e. The summed E-state index contributed by atoms with van der Waals surface area (Å²) < 4.78 is 45.3. The third-order valence-corrected chi connectivity index (χ3v) is 4.37. The topological polar surface area (TPSA) is 63.7 Å². The minimum absolute atomic E-state index is 0.156. The lowest BCUT2D eigenvalue weighted by Crippen LogP contribution is -2.42. The third-order valence-electron chi connectivity index (χ3n) is 4.37. The van der Waals surface area contributed by atoms with Gasteiger partial charge in [-0.1, -0.05) is 12.1 Å². The molecule has 3 rings (SSSR count). The summed E-state index contributed by atoms with van der Waals surface area (Å²) in [4.78, 5) is 37.9. The van der Waals surface area contributed by atoms with E-state index in [1.165, 1.54) is 12.1 Å². The number of imide groups is 1. The Morgan fingerprint density at radius 1 is 1.00 bits per heavy atom. The average Bonchev–Trinajstić information content (AvgIpc) is 2.90. The predicted octanol–water partition coefficient (Wildman–Crippen LogP) is 2.87. The number of esters is 1. The quantitative estimate of drug-likeness (QED) is 0.457. The second-order valence-corrected chi connectivity index (χ2v) is 6.02. The van der Waals surface area contributed by atoms with Gasteiger partial charge >= 0.3 is 5.97 Å². The molecule has 0 aromatic heterocycles. The van der Waals surface area contributed by atoms with Crippen LogP contribution in [0.2, 0.25) is 0 Å². The Hall–Kier alpha value is -3.16. The summed E-state index contributed by atoms with van der Waals surface area (Å²) in [7, 11) is 1.12. The molecule has 140 valence electrons. The van der Waals surface area contributed by atoms with Gasteiger partial charge in [-0.15, -0.1) is 0 Å². The lowest BCUT2D eigenvalue weighted by atomic mass is 10.0. The second-order valence-electron chi connectivity index (χ2n) is 6.02. The summed E-state index contributed by atoms with van der Waals surface area (Å²) >= 11 is 0. The fourth-order valence-corrected chi connectivity index (χ4v) is 3.04. The molecule has 8 heteroatoms. The zero-order valence-corrected chi connectivity index (χ0v) is 14.2. The molecule has 0 spiro atoms. The van der Waals surface area contributed by atoms with Gasteiger partial charge in [0.25, 0.3) is 11.8 Å². The van der Waals surface area contributed by atoms with Crippen molar-refractivity contribution in [2.24, 2.45) is 0 Å². The van der Waals surface area contributed by atoms with Crippen molar-refractivity contribution in [2.45, 2.75) is 18.9 Å². The van der Waals surface area contributed by atoms with Gasteiger partial charge < -0.3 is 4.74 Å². The minimum Gasteiger partial charge on any atom is -0.469 e. The van der Waals surface area contributed by atoms with E-state index < -0.39 is 47.7 Å². The van der Waals surface area contributed by atoms with E-state index >= 15 is 0 Å². The summed E-state index contributed by atoms with van der Waals surface area (Å²) in [5, 5.41) is 0. The van der Waals surface area contributed by atoms with E-state index in [0.717, 1.165) is 12.0 Å². The Bertz CT molecular complexity index is 910. The standard InChI is InChI=1S/C19H14F3NO4/c1-27-17(24)8-11(6-10-7-15(21)16(22)9-14(10)20)23-18(25)12-4-2-3-5-13(12)19(23)26/h2-5,7,9,11H,6,8H2,1H3/t11-/m1/s1. The molecule has 0 N–H and O–H groups in total. The molecule has 0 saturated carbocycles. The first-order valence-corrected chi connectivity index (χ1v) is 8.00. The smallest absolute Gasteiger partial charge is 0.307 e. The molecule has 0 unspecified atom stereocenters. The molecule has 2 aromatic carbocycles. The molecule has 1 heterocycles. The van der Waals surface area contributed by atoms with Gasteiger partial charge in [0.15, 0.2) is 11.6 Å². The first-order chi connectivity index (χ1) is 12.8. The van der Waals surface area contributed by atoms with Gasteiger partial charge in [0.05, 0.1) is 30.7 Å². The van der Waals surface area contributed by atoms with Crippen molar-refractivity contribution >= 4 is 17.8 Å². The number of fused-ring (bicyclic) bond motifs is 1. The van der Waals surface area contributed by atoms with Crippen molar-refractivity contribution in [3.8, 4) is 0 Å². The number of nitrogens with zero attached hydrogens (tertiary/aromatic N) is 1. The normalized spacial score (nSPS) is 14.3. The van der Waals surface area contributed by atoms with Gasteiger partial charge in [-0.3, -0.25) is 19.3 Å². The van der Waals surface area contributed by atoms with Gasteiger partial charge in [0, 0.05) is 6.07 Å². The van der Waals surface area contributed by atoms with Crippen LogP contribution in [-0.4, -0.2) is 35.8 Å². The van der Waals surface area contributed by atoms with Crippen LogP contribution in [0.3, 0.4) is 0 Å². The molecule has 5 nitrogen and oxygen atoms in total. The van der Waals surface area contributed by atoms with Crippen LogP contribution in [0.4, 0.5) is 13.2 Å². The van der Waals surface area contributed by atoms with Crippen LogP contribution >= 0.6 is 0 Å². The molecular formula is C19H14F3NO4. The molecular weight excluding hydrogens is 363 g/mol. The number of carbonyl (C=O) groups is 3. The van der Waals surface area contributed by atoms with E-state index in [9.17, 15) is 27.6 Å². The van der Waals surface area contributed by atoms with Crippen LogP contribution in [-0.2, 0) is 16.0 Å². The Labute approximate surface area is 152 Å². The first kappa shape index (κ1) is 18.6. The number of ether oxygens (including phenoxy) is 1. The Balaban J connectivity index is 1.98. The maximum absolute atomic E-state index is 14.0. The molecule has 1 atom stereocenters. The van der Waals surface area contributed by atoms with E-state index in [2.05, 4.69) is 4.74 Å². The second kappa shape index (κ2) is 7.22. The van der Waals surface area contributed by atoms with E-state index in [1.54, 1.807) is 12.1 Å². The summed E-state index contributed by atoms with van der Waals surface area (Å²) in [6, 6.07) is 5.99. The Morgan fingerprint density at radius 3 is 2.11 bits per heavy atom. The summed E-state index contributed by atoms with van der Waals surface area (Å²) in [5.74, 6) is -5.70. The van der Waals surface area contributed by atoms with Crippen molar-refractivity contribution in [3.05, 3.63) is 70.5 Å². The zero-order valence-electron chi connectivity index (χ0n) is 14.2. The molecule has 2 aromatic rings. The van der Waals surface area contributed by atoms with Crippen LogP contribution in [0.5, 0.6) is 0 Å². The molecule has 0 bridgehead atoms. The molecule has 1 aliphatic heterocycles. The highest BCUT2D eigenvalue weighted by Crippen LogP contribution is 2.28. The fraction of sp³-hybridized carbons (Fsp3) is 0.211. The number of rotatable bonds is 5. The predicted molar refractivity (Wildman–Crippen MR) is 87.4 cm³/mol. The number of hydrogen-bond donors (Lipinski definition) is 0. The lowest BCUT2D eigenvalue weighted by molar-refractivity contribution is -0.141. The monoisotopic (exact) mass is 377 g/mol. The van der Waals surface area contributed by atoms with Crippen molar-refractivity contribution in [1.82, 2.24) is 4.90 Å². The van der Waals surface area contributed by atoms with Crippen LogP contribution in [0.15, 0.2) is 36.4 Å². The van der Waals surface area contributed by atoms with Gasteiger partial charge in [-0.05, 0) is 30.2 Å². The molecule has 0 saturated heterocycles. The van der Waals surface area contributed by atoms with Crippen molar-refractivity contribution in [2.75, 3.05) is 7.11 Å². The number of hydrogen-bond acceptors (Lipinski definition) is 4. The summed E-state index contributed by atoms with van der Waals surface area (Å²) in [6.07, 6.45) is -0.788.